The van der Waals surface area contributed by atoms with Crippen molar-refractivity contribution in [1.29, 1.82) is 0 Å². The van der Waals surface area contributed by atoms with Gasteiger partial charge in [0.05, 0.1) is 18.0 Å². The molecule has 5 aromatic rings. The molecule has 6 rings (SSSR count). The number of ketones is 1. The van der Waals surface area contributed by atoms with Crippen LogP contribution in [0.25, 0.3) is 21.0 Å². The number of rotatable bonds is 2. The standard InChI is InChI=1S/C10H8BrNO.C9H5BrO2S.C5H6N2.C4H9NO.2CH4/c1-6(13)9-4-7-2-3-8(11)5-10(7)12-9;10-6-2-1-5-3-8(9(11)12)13-7(5)4-6;6-5-2-1-3-7-4-5;5-4-1-2-6-3-4;;/h2-5,12H,1H3;1-4H,(H,11,12);1-4H,6H2;4H,1-3,5H2;2*1H4. The summed E-state index contributed by atoms with van der Waals surface area (Å²) in [5.74, 6) is -0.801. The first-order valence-corrected chi connectivity index (χ1v) is 14.2. The van der Waals surface area contributed by atoms with Gasteiger partial charge in [0, 0.05) is 56.5 Å². The van der Waals surface area contributed by atoms with Crippen molar-refractivity contribution in [1.82, 2.24) is 9.97 Å². The number of aromatic nitrogens is 2. The average Bonchev–Trinajstić information content (AvgIpc) is 3.65. The first-order chi connectivity index (χ1) is 18.6. The molecule has 6 N–H and O–H groups in total. The molecule has 4 heterocycles. The Kier molecular flexibility index (Phi) is 15.5. The van der Waals surface area contributed by atoms with Crippen molar-refractivity contribution in [2.24, 2.45) is 5.73 Å². The van der Waals surface area contributed by atoms with E-state index in [2.05, 4.69) is 41.8 Å². The van der Waals surface area contributed by atoms with Crippen LogP contribution in [0.1, 0.15) is 48.4 Å². The number of fused-ring (bicyclic) bond motifs is 2. The Hall–Kier alpha value is -3.09. The number of thiophene rings is 1. The largest absolute Gasteiger partial charge is 0.477 e. The number of anilines is 1. The number of Topliss-reactive ketones (excluding diaryl/α,β-unsaturated/α-hetero) is 1. The van der Waals surface area contributed by atoms with Gasteiger partial charge in [-0.15, -0.1) is 11.3 Å². The molecule has 11 heteroatoms. The van der Waals surface area contributed by atoms with Crippen molar-refractivity contribution >= 4 is 81.6 Å². The minimum Gasteiger partial charge on any atom is -0.477 e. The quantitative estimate of drug-likeness (QED) is 0.136. The van der Waals surface area contributed by atoms with Crippen LogP contribution in [0.2, 0.25) is 0 Å². The zero-order valence-electron chi connectivity index (χ0n) is 21.1. The fourth-order valence-corrected chi connectivity index (χ4v) is 5.14. The predicted octanol–water partition coefficient (Wildman–Crippen LogP) is 8.17. The number of benzene rings is 2. The highest BCUT2D eigenvalue weighted by atomic mass is 79.9. The maximum absolute atomic E-state index is 11.1. The lowest BCUT2D eigenvalue weighted by atomic mass is 10.2. The van der Waals surface area contributed by atoms with Gasteiger partial charge in [-0.3, -0.25) is 9.78 Å². The number of aromatic amines is 1. The molecule has 3 aromatic heterocycles. The molecular weight excluding hydrogens is 672 g/mol. The molecule has 1 unspecified atom stereocenters. The number of carbonyl (C=O) groups excluding carboxylic acids is 1. The maximum Gasteiger partial charge on any atom is 0.345 e. The van der Waals surface area contributed by atoms with Crippen molar-refractivity contribution in [2.45, 2.75) is 34.2 Å². The first kappa shape index (κ1) is 35.9. The number of carbonyl (C=O) groups is 2. The van der Waals surface area contributed by atoms with Gasteiger partial charge >= 0.3 is 5.97 Å². The van der Waals surface area contributed by atoms with Crippen LogP contribution in [0, 0.1) is 0 Å². The monoisotopic (exact) mass is 706 g/mol. The lowest BCUT2D eigenvalue weighted by Crippen LogP contribution is -2.18. The van der Waals surface area contributed by atoms with Crippen LogP contribution < -0.4 is 11.5 Å². The van der Waals surface area contributed by atoms with Crippen LogP contribution in [0.3, 0.4) is 0 Å². The molecule has 1 saturated heterocycles. The molecule has 0 aliphatic carbocycles. The molecule has 0 saturated carbocycles. The number of nitrogens with one attached hydrogen (secondary N) is 1. The highest BCUT2D eigenvalue weighted by Crippen LogP contribution is 2.28. The normalized spacial score (nSPS) is 13.2. The third-order valence-corrected chi connectivity index (χ3v) is 7.38. The number of H-pyrrole nitrogens is 1. The van der Waals surface area contributed by atoms with Crippen molar-refractivity contribution in [3.63, 3.8) is 0 Å². The summed E-state index contributed by atoms with van der Waals surface area (Å²) in [5.41, 5.74) is 13.1. The summed E-state index contributed by atoms with van der Waals surface area (Å²) in [6.07, 6.45) is 4.34. The number of nitrogens with zero attached hydrogens (tertiary/aromatic N) is 1. The van der Waals surface area contributed by atoms with Crippen LogP contribution in [0.5, 0.6) is 0 Å². The van der Waals surface area contributed by atoms with E-state index in [1.807, 2.05) is 42.5 Å². The summed E-state index contributed by atoms with van der Waals surface area (Å²) in [4.78, 5) is 28.9. The van der Waals surface area contributed by atoms with Crippen molar-refractivity contribution in [3.8, 4) is 0 Å². The highest BCUT2D eigenvalue weighted by molar-refractivity contribution is 9.10. The van der Waals surface area contributed by atoms with Gasteiger partial charge in [-0.2, -0.15) is 0 Å². The number of ether oxygens (including phenoxy) is 1. The number of aromatic carboxylic acids is 1. The van der Waals surface area contributed by atoms with Gasteiger partial charge in [-0.1, -0.05) is 58.8 Å². The number of pyridine rings is 1. The van der Waals surface area contributed by atoms with E-state index in [0.717, 1.165) is 49.6 Å². The van der Waals surface area contributed by atoms with Crippen LogP contribution in [0.15, 0.2) is 82.0 Å². The summed E-state index contributed by atoms with van der Waals surface area (Å²) >= 11 is 8.00. The minimum absolute atomic E-state index is 0. The van der Waals surface area contributed by atoms with E-state index in [4.69, 9.17) is 21.3 Å². The lowest BCUT2D eigenvalue weighted by molar-refractivity contribution is 0.0702. The summed E-state index contributed by atoms with van der Waals surface area (Å²) < 4.78 is 7.91. The Morgan fingerprint density at radius 2 is 1.73 bits per heavy atom. The maximum atomic E-state index is 11.1. The molecule has 1 aliphatic heterocycles. The van der Waals surface area contributed by atoms with Gasteiger partial charge in [-0.25, -0.2) is 4.79 Å². The van der Waals surface area contributed by atoms with Crippen LogP contribution in [-0.2, 0) is 4.74 Å². The van der Waals surface area contributed by atoms with E-state index in [-0.39, 0.29) is 20.6 Å². The Morgan fingerprint density at radius 3 is 2.22 bits per heavy atom. The molecule has 220 valence electrons. The molecule has 0 amide bonds. The molecule has 41 heavy (non-hydrogen) atoms. The van der Waals surface area contributed by atoms with Gasteiger partial charge in [0.15, 0.2) is 5.78 Å². The first-order valence-electron chi connectivity index (χ1n) is 11.8. The summed E-state index contributed by atoms with van der Waals surface area (Å²) in [6.45, 7) is 3.18. The summed E-state index contributed by atoms with van der Waals surface area (Å²) in [7, 11) is 0. The fraction of sp³-hybridized carbons (Fsp3) is 0.233. The second-order valence-electron chi connectivity index (χ2n) is 8.48. The summed E-state index contributed by atoms with van der Waals surface area (Å²) in [6, 6.07) is 19.1. The second-order valence-corrected chi connectivity index (χ2v) is 11.4. The van der Waals surface area contributed by atoms with Gasteiger partial charge in [0.1, 0.15) is 4.88 Å². The van der Waals surface area contributed by atoms with Crippen LogP contribution in [-0.4, -0.2) is 46.1 Å². The molecule has 8 nitrogen and oxygen atoms in total. The number of nitrogen functional groups attached to an aromatic ring is 1. The van der Waals surface area contributed by atoms with Crippen molar-refractivity contribution in [2.75, 3.05) is 18.9 Å². The van der Waals surface area contributed by atoms with Gasteiger partial charge in [0.2, 0.25) is 0 Å². The Morgan fingerprint density at radius 1 is 1.05 bits per heavy atom. The number of hydrogen-bond acceptors (Lipinski definition) is 7. The van der Waals surface area contributed by atoms with E-state index < -0.39 is 5.97 Å². The van der Waals surface area contributed by atoms with E-state index in [1.54, 1.807) is 37.5 Å². The highest BCUT2D eigenvalue weighted by Gasteiger charge is 2.08. The van der Waals surface area contributed by atoms with Gasteiger partial charge in [-0.05, 0) is 60.3 Å². The van der Waals surface area contributed by atoms with Crippen molar-refractivity contribution < 1.29 is 19.4 Å². The molecule has 0 radical (unpaired) electrons. The molecule has 0 spiro atoms. The van der Waals surface area contributed by atoms with E-state index in [9.17, 15) is 9.59 Å². The number of hydrogen-bond donors (Lipinski definition) is 4. The average molecular weight is 709 g/mol. The van der Waals surface area contributed by atoms with Gasteiger partial charge in [0.25, 0.3) is 0 Å². The minimum atomic E-state index is -0.864. The van der Waals surface area contributed by atoms with E-state index >= 15 is 0 Å². The molecular formula is C30H36Br2N4O4S. The Labute approximate surface area is 261 Å². The molecule has 1 aliphatic rings. The van der Waals surface area contributed by atoms with Crippen LogP contribution in [0.4, 0.5) is 5.69 Å². The Balaban J connectivity index is 0.000000282. The smallest absolute Gasteiger partial charge is 0.345 e. The topological polar surface area (TPSA) is 144 Å². The van der Waals surface area contributed by atoms with Gasteiger partial charge < -0.3 is 26.3 Å². The molecule has 2 aromatic carbocycles. The fourth-order valence-electron chi connectivity index (χ4n) is 3.33. The number of nitrogens with two attached hydrogens (primary N) is 2. The van der Waals surface area contributed by atoms with E-state index in [0.29, 0.717) is 22.3 Å². The Bertz CT molecular complexity index is 1440. The number of halogens is 2. The zero-order valence-corrected chi connectivity index (χ0v) is 25.1. The third-order valence-electron chi connectivity index (χ3n) is 5.31. The number of carboxylic acids is 1. The van der Waals surface area contributed by atoms with Crippen LogP contribution >= 0.6 is 43.2 Å². The summed E-state index contributed by atoms with van der Waals surface area (Å²) in [5, 5.41) is 10.8. The molecule has 0 bridgehead atoms. The second kappa shape index (κ2) is 17.7. The zero-order chi connectivity index (χ0) is 28.4. The molecule has 1 fully saturated rings. The lowest BCUT2D eigenvalue weighted by Gasteiger charge is -1.90. The van der Waals surface area contributed by atoms with E-state index in [1.165, 1.54) is 11.3 Å². The third kappa shape index (κ3) is 11.7. The number of carboxylic acid groups (broad SMARTS) is 1. The SMILES string of the molecule is C.C.CC(=O)c1cc2ccc(Br)cc2[nH]1.NC1CCOC1.Nc1cccnc1.O=C(O)c1cc2ccc(Br)cc2s1. The van der Waals surface area contributed by atoms with Crippen molar-refractivity contribution in [3.05, 3.63) is 92.6 Å². The predicted molar refractivity (Wildman–Crippen MR) is 178 cm³/mol. The molecule has 1 atom stereocenters.